The molecule has 2 aromatic carbocycles. The Labute approximate surface area is 104 Å². The van der Waals surface area contributed by atoms with Gasteiger partial charge in [0.2, 0.25) is 0 Å². The molecule has 86 valence electrons. The minimum absolute atomic E-state index is 1.07. The lowest BCUT2D eigenvalue weighted by Crippen LogP contribution is -1.94. The minimum atomic E-state index is 1.07. The first kappa shape index (κ1) is 9.48. The van der Waals surface area contributed by atoms with E-state index in [0.717, 1.165) is 22.2 Å². The van der Waals surface area contributed by atoms with E-state index in [1.165, 1.54) is 5.39 Å². The van der Waals surface area contributed by atoms with Crippen molar-refractivity contribution < 1.29 is 0 Å². The number of nitrogens with one attached hydrogen (secondary N) is 1. The zero-order valence-corrected chi connectivity index (χ0v) is 9.67. The van der Waals surface area contributed by atoms with Gasteiger partial charge in [-0.3, -0.25) is 0 Å². The first-order chi connectivity index (χ1) is 8.93. The van der Waals surface area contributed by atoms with E-state index >= 15 is 0 Å². The molecule has 0 aliphatic rings. The van der Waals surface area contributed by atoms with Crippen LogP contribution in [0.25, 0.3) is 27.6 Å². The fourth-order valence-corrected chi connectivity index (χ4v) is 2.41. The summed E-state index contributed by atoms with van der Waals surface area (Å²) in [7, 11) is 0. The summed E-state index contributed by atoms with van der Waals surface area (Å²) in [6.07, 6.45) is 1.88. The van der Waals surface area contributed by atoms with Gasteiger partial charge in [-0.2, -0.15) is 5.10 Å². The van der Waals surface area contributed by atoms with E-state index in [9.17, 15) is 0 Å². The molecule has 0 fully saturated rings. The molecule has 2 aromatic heterocycles. The van der Waals surface area contributed by atoms with Crippen molar-refractivity contribution in [1.82, 2.24) is 14.8 Å². The summed E-state index contributed by atoms with van der Waals surface area (Å²) in [5.41, 5.74) is 4.43. The Kier molecular flexibility index (Phi) is 1.83. The minimum Gasteiger partial charge on any atom is -0.352 e. The van der Waals surface area contributed by atoms with Gasteiger partial charge in [0.1, 0.15) is 0 Å². The number of aromatic nitrogens is 3. The Morgan fingerprint density at radius 1 is 0.833 bits per heavy atom. The van der Waals surface area contributed by atoms with Crippen LogP contribution in [0.3, 0.4) is 0 Å². The van der Waals surface area contributed by atoms with Gasteiger partial charge >= 0.3 is 0 Å². The molecule has 3 heteroatoms. The molecule has 0 aliphatic carbocycles. The molecular formula is C15H11N3. The monoisotopic (exact) mass is 233 g/mol. The predicted molar refractivity (Wildman–Crippen MR) is 72.9 cm³/mol. The number of para-hydroxylation sites is 2. The quantitative estimate of drug-likeness (QED) is 0.536. The van der Waals surface area contributed by atoms with Gasteiger partial charge in [-0.25, -0.2) is 4.68 Å². The van der Waals surface area contributed by atoms with Crippen LogP contribution in [0.2, 0.25) is 0 Å². The molecule has 4 rings (SSSR count). The second-order valence-corrected chi connectivity index (χ2v) is 4.32. The maximum atomic E-state index is 4.46. The van der Waals surface area contributed by atoms with Crippen LogP contribution in [0, 0.1) is 0 Å². The van der Waals surface area contributed by atoms with Crippen molar-refractivity contribution >= 4 is 21.9 Å². The van der Waals surface area contributed by atoms with Crippen molar-refractivity contribution in [2.45, 2.75) is 0 Å². The predicted octanol–water partition coefficient (Wildman–Crippen LogP) is 3.51. The summed E-state index contributed by atoms with van der Waals surface area (Å²) in [6, 6.07) is 18.5. The van der Waals surface area contributed by atoms with Crippen molar-refractivity contribution in [2.75, 3.05) is 0 Å². The molecule has 0 atom stereocenters. The molecule has 0 radical (unpaired) electrons. The normalized spacial score (nSPS) is 11.3. The highest BCUT2D eigenvalue weighted by atomic mass is 15.3. The molecule has 0 aliphatic heterocycles. The van der Waals surface area contributed by atoms with E-state index in [1.54, 1.807) is 0 Å². The first-order valence-corrected chi connectivity index (χ1v) is 5.93. The Morgan fingerprint density at radius 2 is 1.61 bits per heavy atom. The van der Waals surface area contributed by atoms with E-state index in [0.29, 0.717) is 0 Å². The highest BCUT2D eigenvalue weighted by molar-refractivity contribution is 6.05. The van der Waals surface area contributed by atoms with Gasteiger partial charge in [-0.1, -0.05) is 36.4 Å². The van der Waals surface area contributed by atoms with Crippen LogP contribution in [0.1, 0.15) is 0 Å². The Bertz CT molecular complexity index is 825. The molecule has 0 unspecified atom stereocenters. The van der Waals surface area contributed by atoms with Crippen molar-refractivity contribution in [2.24, 2.45) is 0 Å². The van der Waals surface area contributed by atoms with Gasteiger partial charge in [0.05, 0.1) is 22.9 Å². The molecule has 1 N–H and O–H groups in total. The standard InChI is InChI=1S/C15H11N3/c1-2-6-11(7-3-1)18-15-12-8-4-5-9-13(12)17-14(15)10-16-18/h1-10,17H. The third kappa shape index (κ3) is 1.21. The molecule has 0 saturated heterocycles. The average Bonchev–Trinajstić information content (AvgIpc) is 2.98. The summed E-state index contributed by atoms with van der Waals surface area (Å²) in [6.45, 7) is 0. The van der Waals surface area contributed by atoms with Gasteiger partial charge in [0.25, 0.3) is 0 Å². The Morgan fingerprint density at radius 3 is 2.50 bits per heavy atom. The molecule has 3 nitrogen and oxygen atoms in total. The van der Waals surface area contributed by atoms with Crippen LogP contribution in [-0.2, 0) is 0 Å². The molecule has 4 aromatic rings. The van der Waals surface area contributed by atoms with Crippen LogP contribution in [0.15, 0.2) is 60.8 Å². The summed E-state index contributed by atoms with van der Waals surface area (Å²) < 4.78 is 1.98. The average molecular weight is 233 g/mol. The Balaban J connectivity index is 2.13. The van der Waals surface area contributed by atoms with Crippen molar-refractivity contribution in [3.05, 3.63) is 60.8 Å². The third-order valence-corrected chi connectivity index (χ3v) is 3.22. The van der Waals surface area contributed by atoms with Gasteiger partial charge in [0.15, 0.2) is 0 Å². The molecule has 0 bridgehead atoms. The second kappa shape index (κ2) is 3.47. The lowest BCUT2D eigenvalue weighted by atomic mass is 10.2. The van der Waals surface area contributed by atoms with Gasteiger partial charge < -0.3 is 4.98 Å². The van der Waals surface area contributed by atoms with E-state index < -0.39 is 0 Å². The lowest BCUT2D eigenvalue weighted by molar-refractivity contribution is 0.913. The lowest BCUT2D eigenvalue weighted by Gasteiger charge is -2.01. The number of nitrogens with zero attached hydrogens (tertiary/aromatic N) is 2. The van der Waals surface area contributed by atoms with Crippen LogP contribution >= 0.6 is 0 Å². The first-order valence-electron chi connectivity index (χ1n) is 5.93. The number of benzene rings is 2. The van der Waals surface area contributed by atoms with Crippen LogP contribution in [0.5, 0.6) is 0 Å². The maximum absolute atomic E-state index is 4.46. The number of fused-ring (bicyclic) bond motifs is 3. The van der Waals surface area contributed by atoms with Gasteiger partial charge in [0, 0.05) is 10.9 Å². The maximum Gasteiger partial charge on any atom is 0.0997 e. The van der Waals surface area contributed by atoms with Crippen LogP contribution in [-0.4, -0.2) is 14.8 Å². The van der Waals surface area contributed by atoms with E-state index in [-0.39, 0.29) is 0 Å². The molecule has 2 heterocycles. The fourth-order valence-electron chi connectivity index (χ4n) is 2.41. The molecule has 0 amide bonds. The van der Waals surface area contributed by atoms with Gasteiger partial charge in [-0.05, 0) is 18.2 Å². The zero-order valence-electron chi connectivity index (χ0n) is 9.67. The summed E-state index contributed by atoms with van der Waals surface area (Å²) in [5.74, 6) is 0. The highest BCUT2D eigenvalue weighted by Crippen LogP contribution is 2.26. The number of aromatic amines is 1. The van der Waals surface area contributed by atoms with Crippen molar-refractivity contribution in [1.29, 1.82) is 0 Å². The molecule has 0 saturated carbocycles. The van der Waals surface area contributed by atoms with Crippen molar-refractivity contribution in [3.63, 3.8) is 0 Å². The number of hydrogen-bond donors (Lipinski definition) is 1. The van der Waals surface area contributed by atoms with Crippen LogP contribution in [0.4, 0.5) is 0 Å². The number of hydrogen-bond acceptors (Lipinski definition) is 1. The molecular weight excluding hydrogens is 222 g/mol. The molecule has 0 spiro atoms. The molecule has 18 heavy (non-hydrogen) atoms. The van der Waals surface area contributed by atoms with Crippen molar-refractivity contribution in [3.8, 4) is 5.69 Å². The van der Waals surface area contributed by atoms with E-state index in [4.69, 9.17) is 0 Å². The second-order valence-electron chi connectivity index (χ2n) is 4.32. The number of rotatable bonds is 1. The van der Waals surface area contributed by atoms with E-state index in [2.05, 4.69) is 40.4 Å². The zero-order chi connectivity index (χ0) is 11.9. The largest absolute Gasteiger partial charge is 0.352 e. The smallest absolute Gasteiger partial charge is 0.0997 e. The number of H-pyrrole nitrogens is 1. The summed E-state index contributed by atoms with van der Waals surface area (Å²) in [4.78, 5) is 3.38. The third-order valence-electron chi connectivity index (χ3n) is 3.22. The Hall–Kier alpha value is -2.55. The summed E-state index contributed by atoms with van der Waals surface area (Å²) >= 11 is 0. The van der Waals surface area contributed by atoms with Gasteiger partial charge in [-0.15, -0.1) is 0 Å². The summed E-state index contributed by atoms with van der Waals surface area (Å²) in [5, 5.41) is 5.66. The van der Waals surface area contributed by atoms with E-state index in [1.807, 2.05) is 35.1 Å². The topological polar surface area (TPSA) is 33.6 Å². The van der Waals surface area contributed by atoms with Crippen LogP contribution < -0.4 is 0 Å². The SMILES string of the molecule is c1ccc(-n2ncc3[nH]c4ccccc4c32)cc1. The highest BCUT2D eigenvalue weighted by Gasteiger charge is 2.10. The fraction of sp³-hybridized carbons (Fsp3) is 0.